The fraction of sp³-hybridized carbons (Fsp3) is 0.400. The van der Waals surface area contributed by atoms with E-state index in [0.717, 1.165) is 37.2 Å². The van der Waals surface area contributed by atoms with Gasteiger partial charge in [0.25, 0.3) is 0 Å². The molecule has 2 aromatic rings. The minimum absolute atomic E-state index is 0.0217. The molecule has 1 N–H and O–H groups in total. The van der Waals surface area contributed by atoms with Gasteiger partial charge in [-0.15, -0.1) is 0 Å². The van der Waals surface area contributed by atoms with E-state index in [1.165, 1.54) is 12.1 Å². The third kappa shape index (κ3) is 3.88. The number of ether oxygens (including phenoxy) is 1. The van der Waals surface area contributed by atoms with Gasteiger partial charge >= 0.3 is 6.03 Å². The summed E-state index contributed by atoms with van der Waals surface area (Å²) < 4.78 is 19.3. The molecule has 4 rings (SSSR count). The standard InChI is InChI=1S/C20H23FN4O2/c21-16-3-4-19(24-10-12-27-13-11-24)17(14-16)23-20(26)25-9-1-2-18(25)15-5-7-22-8-6-15/h3-8,14,18H,1-2,9-13H2,(H,23,26). The lowest BCUT2D eigenvalue weighted by molar-refractivity contribution is 0.123. The maximum absolute atomic E-state index is 13.9. The van der Waals surface area contributed by atoms with Gasteiger partial charge < -0.3 is 19.9 Å². The quantitative estimate of drug-likeness (QED) is 0.899. The second kappa shape index (κ2) is 7.92. The first-order valence-electron chi connectivity index (χ1n) is 9.32. The van der Waals surface area contributed by atoms with Crippen molar-refractivity contribution in [2.45, 2.75) is 18.9 Å². The van der Waals surface area contributed by atoms with Crippen LogP contribution in [0, 0.1) is 5.82 Å². The second-order valence-corrected chi connectivity index (χ2v) is 6.82. The number of halogens is 1. The van der Waals surface area contributed by atoms with E-state index in [-0.39, 0.29) is 17.9 Å². The van der Waals surface area contributed by atoms with E-state index in [1.54, 1.807) is 18.5 Å². The molecule has 6 nitrogen and oxygen atoms in total. The molecule has 27 heavy (non-hydrogen) atoms. The molecule has 1 aromatic carbocycles. The lowest BCUT2D eigenvalue weighted by Gasteiger charge is -2.31. The lowest BCUT2D eigenvalue weighted by Crippen LogP contribution is -2.38. The van der Waals surface area contributed by atoms with Crippen molar-refractivity contribution in [1.29, 1.82) is 0 Å². The second-order valence-electron chi connectivity index (χ2n) is 6.82. The van der Waals surface area contributed by atoms with Gasteiger partial charge in [0.15, 0.2) is 0 Å². The van der Waals surface area contributed by atoms with E-state index in [9.17, 15) is 9.18 Å². The summed E-state index contributed by atoms with van der Waals surface area (Å²) in [6, 6.07) is 8.24. The average Bonchev–Trinajstić information content (AvgIpc) is 3.19. The van der Waals surface area contributed by atoms with Crippen molar-refractivity contribution in [3.8, 4) is 0 Å². The Labute approximate surface area is 157 Å². The molecule has 3 heterocycles. The number of likely N-dealkylation sites (tertiary alicyclic amines) is 1. The summed E-state index contributed by atoms with van der Waals surface area (Å²) in [5, 5.41) is 2.94. The highest BCUT2D eigenvalue weighted by molar-refractivity contribution is 5.93. The number of benzene rings is 1. The first-order chi connectivity index (χ1) is 13.2. The SMILES string of the molecule is O=C(Nc1cc(F)ccc1N1CCOCC1)N1CCCC1c1ccncc1. The minimum atomic E-state index is -0.366. The summed E-state index contributed by atoms with van der Waals surface area (Å²) in [4.78, 5) is 21.0. The number of pyridine rings is 1. The number of nitrogens with zero attached hydrogens (tertiary/aromatic N) is 3. The molecule has 1 unspecified atom stereocenters. The van der Waals surface area contributed by atoms with Crippen LogP contribution in [0.5, 0.6) is 0 Å². The highest BCUT2D eigenvalue weighted by atomic mass is 19.1. The van der Waals surface area contributed by atoms with Crippen LogP contribution in [0.15, 0.2) is 42.7 Å². The molecule has 0 radical (unpaired) electrons. The van der Waals surface area contributed by atoms with Crippen LogP contribution in [0.25, 0.3) is 0 Å². The molecule has 1 atom stereocenters. The van der Waals surface area contributed by atoms with Gasteiger partial charge in [0.05, 0.1) is 30.6 Å². The largest absolute Gasteiger partial charge is 0.378 e. The molecule has 0 saturated carbocycles. The van der Waals surface area contributed by atoms with Gasteiger partial charge in [-0.3, -0.25) is 4.98 Å². The summed E-state index contributed by atoms with van der Waals surface area (Å²) in [6.45, 7) is 3.37. The van der Waals surface area contributed by atoms with E-state index >= 15 is 0 Å². The molecule has 2 amide bonds. The molecule has 0 aliphatic carbocycles. The van der Waals surface area contributed by atoms with E-state index in [0.29, 0.717) is 25.4 Å². The number of carbonyl (C=O) groups excluding carboxylic acids is 1. The molecule has 7 heteroatoms. The Balaban J connectivity index is 1.54. The van der Waals surface area contributed by atoms with Gasteiger partial charge in [-0.2, -0.15) is 0 Å². The fourth-order valence-electron chi connectivity index (χ4n) is 3.82. The number of morpholine rings is 1. The van der Waals surface area contributed by atoms with Crippen LogP contribution in [-0.2, 0) is 4.74 Å². The fourth-order valence-corrected chi connectivity index (χ4v) is 3.82. The Kier molecular flexibility index (Phi) is 5.20. The topological polar surface area (TPSA) is 57.7 Å². The lowest BCUT2D eigenvalue weighted by atomic mass is 10.1. The Morgan fingerprint density at radius 3 is 2.70 bits per heavy atom. The van der Waals surface area contributed by atoms with Gasteiger partial charge in [-0.25, -0.2) is 9.18 Å². The zero-order chi connectivity index (χ0) is 18.6. The predicted molar refractivity (Wildman–Crippen MR) is 101 cm³/mol. The molecule has 0 spiro atoms. The first kappa shape index (κ1) is 17.7. The van der Waals surface area contributed by atoms with Crippen LogP contribution in [0.1, 0.15) is 24.4 Å². The maximum atomic E-state index is 13.9. The van der Waals surface area contributed by atoms with Crippen molar-refractivity contribution in [2.75, 3.05) is 43.1 Å². The Morgan fingerprint density at radius 2 is 1.93 bits per heavy atom. The van der Waals surface area contributed by atoms with Crippen LogP contribution in [-0.4, -0.2) is 48.8 Å². The molecular weight excluding hydrogens is 347 g/mol. The molecule has 2 saturated heterocycles. The summed E-state index contributed by atoms with van der Waals surface area (Å²) in [6.07, 6.45) is 5.34. The Bertz CT molecular complexity index is 796. The van der Waals surface area contributed by atoms with Gasteiger partial charge in [0, 0.05) is 32.0 Å². The first-order valence-corrected chi connectivity index (χ1v) is 9.32. The summed E-state index contributed by atoms with van der Waals surface area (Å²) in [5.74, 6) is -0.366. The van der Waals surface area contributed by atoms with Crippen LogP contribution in [0.4, 0.5) is 20.6 Å². The number of hydrogen-bond acceptors (Lipinski definition) is 4. The van der Waals surface area contributed by atoms with Crippen molar-refractivity contribution in [1.82, 2.24) is 9.88 Å². The zero-order valence-corrected chi connectivity index (χ0v) is 15.1. The minimum Gasteiger partial charge on any atom is -0.378 e. The average molecular weight is 370 g/mol. The molecule has 2 aliphatic heterocycles. The molecule has 142 valence electrons. The summed E-state index contributed by atoms with van der Waals surface area (Å²) in [7, 11) is 0. The van der Waals surface area contributed by atoms with E-state index in [1.807, 2.05) is 17.0 Å². The number of nitrogens with one attached hydrogen (secondary N) is 1. The molecule has 0 bridgehead atoms. The van der Waals surface area contributed by atoms with Crippen LogP contribution >= 0.6 is 0 Å². The van der Waals surface area contributed by atoms with Crippen molar-refractivity contribution >= 4 is 17.4 Å². The molecule has 2 aliphatic rings. The number of hydrogen-bond donors (Lipinski definition) is 1. The van der Waals surface area contributed by atoms with E-state index < -0.39 is 0 Å². The van der Waals surface area contributed by atoms with Crippen molar-refractivity contribution in [2.24, 2.45) is 0 Å². The van der Waals surface area contributed by atoms with Gasteiger partial charge in [-0.05, 0) is 48.7 Å². The predicted octanol–water partition coefficient (Wildman–Crippen LogP) is 3.43. The monoisotopic (exact) mass is 370 g/mol. The van der Waals surface area contributed by atoms with Crippen molar-refractivity contribution in [3.63, 3.8) is 0 Å². The zero-order valence-electron chi connectivity index (χ0n) is 15.1. The van der Waals surface area contributed by atoms with Crippen LogP contribution < -0.4 is 10.2 Å². The highest BCUT2D eigenvalue weighted by Crippen LogP contribution is 2.33. The number of amides is 2. The third-order valence-corrected chi connectivity index (χ3v) is 5.16. The maximum Gasteiger partial charge on any atom is 0.322 e. The van der Waals surface area contributed by atoms with E-state index in [4.69, 9.17) is 4.74 Å². The number of carbonyl (C=O) groups is 1. The normalized spacial score (nSPS) is 20.0. The van der Waals surface area contributed by atoms with Gasteiger partial charge in [0.1, 0.15) is 5.82 Å². The molecular formula is C20H23FN4O2. The molecule has 1 aromatic heterocycles. The summed E-state index contributed by atoms with van der Waals surface area (Å²) >= 11 is 0. The van der Waals surface area contributed by atoms with Crippen molar-refractivity contribution < 1.29 is 13.9 Å². The Morgan fingerprint density at radius 1 is 1.15 bits per heavy atom. The van der Waals surface area contributed by atoms with Gasteiger partial charge in [-0.1, -0.05) is 0 Å². The smallest absolute Gasteiger partial charge is 0.322 e. The van der Waals surface area contributed by atoms with Crippen LogP contribution in [0.2, 0.25) is 0 Å². The molecule has 2 fully saturated rings. The van der Waals surface area contributed by atoms with Gasteiger partial charge in [0.2, 0.25) is 0 Å². The highest BCUT2D eigenvalue weighted by Gasteiger charge is 2.30. The van der Waals surface area contributed by atoms with Crippen LogP contribution in [0.3, 0.4) is 0 Å². The van der Waals surface area contributed by atoms with E-state index in [2.05, 4.69) is 15.2 Å². The van der Waals surface area contributed by atoms with Crippen molar-refractivity contribution in [3.05, 3.63) is 54.1 Å². The summed E-state index contributed by atoms with van der Waals surface area (Å²) in [5.41, 5.74) is 2.40. The number of anilines is 2. The Hall–Kier alpha value is -2.67. The third-order valence-electron chi connectivity index (χ3n) is 5.16. The number of rotatable bonds is 3. The number of urea groups is 1. The number of aromatic nitrogens is 1.